The van der Waals surface area contributed by atoms with Crippen molar-refractivity contribution in [3.05, 3.63) is 65.5 Å². The van der Waals surface area contributed by atoms with Gasteiger partial charge in [0.2, 0.25) is 11.7 Å². The highest BCUT2D eigenvalue weighted by Crippen LogP contribution is 2.23. The topological polar surface area (TPSA) is 54.6 Å². The number of ether oxygens (including phenoxy) is 1. The fourth-order valence-corrected chi connectivity index (χ4v) is 3.47. The zero-order valence-corrected chi connectivity index (χ0v) is 16.5. The van der Waals surface area contributed by atoms with Gasteiger partial charge in [-0.2, -0.15) is 4.98 Å². The Bertz CT molecular complexity index is 901. The molecule has 146 valence electrons. The third kappa shape index (κ3) is 4.40. The van der Waals surface area contributed by atoms with E-state index in [0.717, 1.165) is 38.4 Å². The molecular formula is C22H26N4O2. The summed E-state index contributed by atoms with van der Waals surface area (Å²) in [4.78, 5) is 9.16. The second kappa shape index (κ2) is 8.54. The predicted octanol–water partition coefficient (Wildman–Crippen LogP) is 3.51. The maximum atomic E-state index is 5.49. The van der Waals surface area contributed by atoms with Crippen molar-refractivity contribution >= 4 is 5.69 Å². The zero-order valence-electron chi connectivity index (χ0n) is 16.5. The molecule has 4 rings (SSSR count). The average molecular weight is 378 g/mol. The van der Waals surface area contributed by atoms with Gasteiger partial charge in [0, 0.05) is 30.9 Å². The van der Waals surface area contributed by atoms with Gasteiger partial charge in [-0.25, -0.2) is 0 Å². The number of para-hydroxylation sites is 1. The summed E-state index contributed by atoms with van der Waals surface area (Å²) in [6.07, 6.45) is 0. The molecule has 0 aliphatic carbocycles. The van der Waals surface area contributed by atoms with Crippen LogP contribution >= 0.6 is 0 Å². The van der Waals surface area contributed by atoms with Gasteiger partial charge < -0.3 is 14.2 Å². The summed E-state index contributed by atoms with van der Waals surface area (Å²) in [5.41, 5.74) is 4.76. The Kier molecular flexibility index (Phi) is 5.69. The highest BCUT2D eigenvalue weighted by atomic mass is 16.5. The van der Waals surface area contributed by atoms with E-state index < -0.39 is 0 Å². The van der Waals surface area contributed by atoms with Crippen molar-refractivity contribution < 1.29 is 9.26 Å². The van der Waals surface area contributed by atoms with Crippen LogP contribution in [0.2, 0.25) is 0 Å². The molecule has 28 heavy (non-hydrogen) atoms. The molecule has 0 atom stereocenters. The smallest absolute Gasteiger partial charge is 0.241 e. The van der Waals surface area contributed by atoms with Crippen molar-refractivity contribution in [1.29, 1.82) is 0 Å². The van der Waals surface area contributed by atoms with Crippen molar-refractivity contribution in [2.75, 3.05) is 38.3 Å². The van der Waals surface area contributed by atoms with E-state index in [9.17, 15) is 0 Å². The van der Waals surface area contributed by atoms with Crippen LogP contribution in [0.5, 0.6) is 0 Å². The van der Waals surface area contributed by atoms with Gasteiger partial charge in [0.15, 0.2) is 0 Å². The van der Waals surface area contributed by atoms with E-state index in [2.05, 4.69) is 70.3 Å². The van der Waals surface area contributed by atoms with Gasteiger partial charge in [0.05, 0.1) is 19.8 Å². The molecule has 0 unspecified atom stereocenters. The number of hydrogen-bond acceptors (Lipinski definition) is 6. The average Bonchev–Trinajstić information content (AvgIpc) is 3.18. The van der Waals surface area contributed by atoms with Crippen LogP contribution in [0.3, 0.4) is 0 Å². The number of aryl methyl sites for hydroxylation is 1. The molecule has 1 aromatic heterocycles. The quantitative estimate of drug-likeness (QED) is 0.654. The summed E-state index contributed by atoms with van der Waals surface area (Å²) in [5.74, 6) is 1.26. The van der Waals surface area contributed by atoms with Crippen LogP contribution < -0.4 is 4.90 Å². The molecule has 0 N–H and O–H groups in total. The summed E-state index contributed by atoms with van der Waals surface area (Å²) in [7, 11) is 2.08. The summed E-state index contributed by atoms with van der Waals surface area (Å²) < 4.78 is 11.0. The van der Waals surface area contributed by atoms with Gasteiger partial charge in [-0.3, -0.25) is 4.90 Å². The number of aromatic nitrogens is 2. The third-order valence-electron chi connectivity index (χ3n) is 4.97. The molecule has 3 aromatic rings. The van der Waals surface area contributed by atoms with E-state index in [1.807, 2.05) is 12.1 Å². The van der Waals surface area contributed by atoms with Gasteiger partial charge in [-0.05, 0) is 25.6 Å². The highest BCUT2D eigenvalue weighted by Gasteiger charge is 2.16. The van der Waals surface area contributed by atoms with Crippen LogP contribution in [-0.4, -0.2) is 48.4 Å². The second-order valence-corrected chi connectivity index (χ2v) is 7.28. The number of anilines is 1. The normalized spacial score (nSPS) is 14.6. The fourth-order valence-electron chi connectivity index (χ4n) is 3.47. The van der Waals surface area contributed by atoms with Crippen LogP contribution in [0.25, 0.3) is 11.4 Å². The molecule has 2 heterocycles. The Labute approximate surface area is 165 Å². The first-order valence-electron chi connectivity index (χ1n) is 9.68. The van der Waals surface area contributed by atoms with Gasteiger partial charge in [-0.15, -0.1) is 0 Å². The summed E-state index contributed by atoms with van der Waals surface area (Å²) in [6, 6.07) is 16.7. The van der Waals surface area contributed by atoms with Crippen LogP contribution in [0.4, 0.5) is 5.69 Å². The molecule has 0 amide bonds. The first kappa shape index (κ1) is 18.7. The maximum absolute atomic E-state index is 5.49. The zero-order chi connectivity index (χ0) is 19.3. The van der Waals surface area contributed by atoms with Crippen molar-refractivity contribution in [3.63, 3.8) is 0 Å². The maximum Gasteiger partial charge on any atom is 0.241 e. The molecule has 0 spiro atoms. The minimum absolute atomic E-state index is 0.607. The van der Waals surface area contributed by atoms with Crippen molar-refractivity contribution in [2.24, 2.45) is 0 Å². The molecular weight excluding hydrogens is 352 g/mol. The highest BCUT2D eigenvalue weighted by molar-refractivity contribution is 5.55. The SMILES string of the molecule is Cc1ccc(-c2noc(CN(C)Cc3ccccc3N3CCOCC3)n2)cc1. The molecule has 6 nitrogen and oxygen atoms in total. The number of hydrogen-bond donors (Lipinski definition) is 0. The predicted molar refractivity (Wildman–Crippen MR) is 109 cm³/mol. The third-order valence-corrected chi connectivity index (χ3v) is 4.97. The van der Waals surface area contributed by atoms with E-state index in [0.29, 0.717) is 18.3 Å². The monoisotopic (exact) mass is 378 g/mol. The van der Waals surface area contributed by atoms with Gasteiger partial charge in [0.1, 0.15) is 0 Å². The van der Waals surface area contributed by atoms with E-state index in [1.54, 1.807) is 0 Å². The minimum atomic E-state index is 0.607. The van der Waals surface area contributed by atoms with E-state index in [1.165, 1.54) is 16.8 Å². The van der Waals surface area contributed by atoms with Crippen LogP contribution in [-0.2, 0) is 17.8 Å². The Morgan fingerprint density at radius 1 is 1.00 bits per heavy atom. The number of nitrogens with zero attached hydrogens (tertiary/aromatic N) is 4. The lowest BCUT2D eigenvalue weighted by atomic mass is 10.1. The Morgan fingerprint density at radius 2 is 1.75 bits per heavy atom. The van der Waals surface area contributed by atoms with Crippen molar-refractivity contribution in [1.82, 2.24) is 15.0 Å². The van der Waals surface area contributed by atoms with Crippen LogP contribution in [0, 0.1) is 6.92 Å². The molecule has 0 saturated carbocycles. The lowest BCUT2D eigenvalue weighted by molar-refractivity contribution is 0.122. The van der Waals surface area contributed by atoms with Crippen molar-refractivity contribution in [2.45, 2.75) is 20.0 Å². The summed E-state index contributed by atoms with van der Waals surface area (Å²) >= 11 is 0. The van der Waals surface area contributed by atoms with E-state index in [4.69, 9.17) is 9.26 Å². The lowest BCUT2D eigenvalue weighted by Gasteiger charge is -2.31. The molecule has 1 fully saturated rings. The Hall–Kier alpha value is -2.70. The second-order valence-electron chi connectivity index (χ2n) is 7.28. The lowest BCUT2D eigenvalue weighted by Crippen LogP contribution is -2.37. The fraction of sp³-hybridized carbons (Fsp3) is 0.364. The molecule has 6 heteroatoms. The number of morpholine rings is 1. The number of rotatable bonds is 6. The number of benzene rings is 2. The van der Waals surface area contributed by atoms with Gasteiger partial charge in [0.25, 0.3) is 0 Å². The van der Waals surface area contributed by atoms with E-state index in [-0.39, 0.29) is 0 Å². The molecule has 1 aliphatic heterocycles. The molecule has 0 bridgehead atoms. The standard InChI is InChI=1S/C22H26N4O2/c1-17-7-9-18(10-8-17)22-23-21(28-24-22)16-25(2)15-19-5-3-4-6-20(19)26-11-13-27-14-12-26/h3-10H,11-16H2,1-2H3. The van der Waals surface area contributed by atoms with Gasteiger partial charge in [-0.1, -0.05) is 53.2 Å². The first-order valence-corrected chi connectivity index (χ1v) is 9.68. The largest absolute Gasteiger partial charge is 0.378 e. The van der Waals surface area contributed by atoms with Gasteiger partial charge >= 0.3 is 0 Å². The molecule has 2 aromatic carbocycles. The molecule has 1 saturated heterocycles. The Balaban J connectivity index is 1.42. The van der Waals surface area contributed by atoms with E-state index >= 15 is 0 Å². The molecule has 0 radical (unpaired) electrons. The van der Waals surface area contributed by atoms with Crippen LogP contribution in [0.15, 0.2) is 53.1 Å². The Morgan fingerprint density at radius 3 is 2.54 bits per heavy atom. The minimum Gasteiger partial charge on any atom is -0.378 e. The summed E-state index contributed by atoms with van der Waals surface area (Å²) in [5, 5.41) is 4.13. The first-order chi connectivity index (χ1) is 13.7. The molecule has 1 aliphatic rings. The summed E-state index contributed by atoms with van der Waals surface area (Å²) in [6.45, 7) is 6.93. The van der Waals surface area contributed by atoms with Crippen molar-refractivity contribution in [3.8, 4) is 11.4 Å². The van der Waals surface area contributed by atoms with Crippen LogP contribution in [0.1, 0.15) is 17.0 Å².